The van der Waals surface area contributed by atoms with E-state index in [9.17, 15) is 79.4 Å². The number of hydrogen-bond donors (Lipinski definition) is 2. The predicted molar refractivity (Wildman–Crippen MR) is 62.9 cm³/mol. The van der Waals surface area contributed by atoms with Gasteiger partial charge in [-0.05, 0) is 0 Å². The molecule has 33 heavy (non-hydrogen) atoms. The van der Waals surface area contributed by atoms with Crippen LogP contribution >= 0.6 is 0 Å². The third-order valence-electron chi connectivity index (χ3n) is 3.05. The average molecular weight is 539 g/mol. The topological polar surface area (TPSA) is 67.8 Å². The minimum absolute atomic E-state index is 0.581. The molecule has 0 saturated heterocycles. The molecule has 2 atom stereocenters. The molecule has 0 heterocycles. The van der Waals surface area contributed by atoms with Crippen LogP contribution in [0, 0.1) is 0 Å². The van der Waals surface area contributed by atoms with Gasteiger partial charge in [-0.2, -0.15) is 74.6 Å². The van der Waals surface area contributed by atoms with Crippen molar-refractivity contribution in [3.05, 3.63) is 0 Å². The lowest BCUT2D eigenvalue weighted by atomic mass is 10.2. The second-order valence-corrected chi connectivity index (χ2v) is 5.48. The van der Waals surface area contributed by atoms with Gasteiger partial charge in [-0.1, -0.05) is 0 Å². The summed E-state index contributed by atoms with van der Waals surface area (Å²) < 4.78 is 221. The van der Waals surface area contributed by atoms with Gasteiger partial charge >= 0.3 is 48.4 Å². The van der Waals surface area contributed by atoms with Crippen LogP contribution in [0.4, 0.5) is 74.6 Å². The summed E-state index contributed by atoms with van der Waals surface area (Å²) in [5, 5.41) is 8.82. The maximum Gasteiger partial charge on any atom is 0.462 e. The van der Waals surface area contributed by atoms with E-state index in [0.717, 1.165) is 0 Å². The third kappa shape index (κ3) is 5.63. The summed E-state index contributed by atoms with van der Waals surface area (Å²) >= 11 is 0. The fourth-order valence-electron chi connectivity index (χ4n) is 1.45. The van der Waals surface area contributed by atoms with Crippen molar-refractivity contribution in [3.8, 4) is 0 Å². The Morgan fingerprint density at radius 2 is 1.06 bits per heavy atom. The van der Waals surface area contributed by atoms with Crippen LogP contribution < -0.4 is 5.32 Å². The maximum atomic E-state index is 13.9. The number of aliphatic hydroxyl groups excluding tert-OH is 1. The summed E-state index contributed by atoms with van der Waals surface area (Å²) in [6, 6.07) is 0. The lowest BCUT2D eigenvalue weighted by Crippen LogP contribution is -2.68. The molecule has 0 radical (unpaired) electrons. The molecule has 2 N–H and O–H groups in total. The summed E-state index contributed by atoms with van der Waals surface area (Å²) in [5.74, 6) is -26.3. The van der Waals surface area contributed by atoms with Gasteiger partial charge in [0.05, 0.1) is 6.61 Å². The molecule has 0 aromatic rings. The molecule has 0 aliphatic rings. The van der Waals surface area contributed by atoms with E-state index in [-0.39, 0.29) is 0 Å². The second kappa shape index (κ2) is 8.74. The smallest absolute Gasteiger partial charge is 0.395 e. The van der Waals surface area contributed by atoms with E-state index in [2.05, 4.69) is 0 Å². The van der Waals surface area contributed by atoms with Crippen LogP contribution in [-0.2, 0) is 14.3 Å². The monoisotopic (exact) mass is 539 g/mol. The van der Waals surface area contributed by atoms with Crippen molar-refractivity contribution in [2.75, 3.05) is 13.2 Å². The molecule has 0 fully saturated rings. The predicted octanol–water partition coefficient (Wildman–Crippen LogP) is 3.97. The highest BCUT2D eigenvalue weighted by Gasteiger charge is 2.85. The molecule has 0 rings (SSSR count). The van der Waals surface area contributed by atoms with E-state index in [4.69, 9.17) is 5.11 Å². The number of alkyl halides is 17. The molecule has 0 bridgehead atoms. The summed E-state index contributed by atoms with van der Waals surface area (Å²) in [4.78, 5) is 11.1. The normalized spacial score (nSPS) is 18.5. The zero-order valence-corrected chi connectivity index (χ0v) is 14.5. The van der Waals surface area contributed by atoms with E-state index < -0.39 is 67.4 Å². The van der Waals surface area contributed by atoms with Crippen molar-refractivity contribution in [3.63, 3.8) is 0 Å². The number of carbonyl (C=O) groups excluding carboxylic acids is 1. The van der Waals surface area contributed by atoms with Crippen molar-refractivity contribution in [1.29, 1.82) is 0 Å². The number of nitrogens with one attached hydrogen (secondary N) is 1. The zero-order chi connectivity index (χ0) is 27.1. The number of carbonyl (C=O) groups is 1. The average Bonchev–Trinajstić information content (AvgIpc) is 2.55. The lowest BCUT2D eigenvalue weighted by Gasteiger charge is -2.40. The van der Waals surface area contributed by atoms with Gasteiger partial charge in [0.2, 0.25) is 0 Å². The van der Waals surface area contributed by atoms with Gasteiger partial charge in [-0.25, -0.2) is 0 Å². The SMILES string of the molecule is O=C(NCCO)[C@](F)(OC(F)(F)[C@@](F)(OC(F)(F)C(F)(F)C(F)(F)F)C(F)(F)F)C(F)(F)F. The van der Waals surface area contributed by atoms with Crippen molar-refractivity contribution in [1.82, 2.24) is 5.32 Å². The summed E-state index contributed by atoms with van der Waals surface area (Å²) in [7, 11) is 0. The Hall–Kier alpha value is -1.84. The highest BCUT2D eigenvalue weighted by molar-refractivity contribution is 5.84. The maximum absolute atomic E-state index is 13.9. The van der Waals surface area contributed by atoms with Crippen LogP contribution in [0.5, 0.6) is 0 Å². The van der Waals surface area contributed by atoms with Gasteiger partial charge in [0.1, 0.15) is 0 Å². The number of hydrogen-bond acceptors (Lipinski definition) is 4. The molecular weight excluding hydrogens is 533 g/mol. The highest BCUT2D eigenvalue weighted by atomic mass is 19.4. The van der Waals surface area contributed by atoms with E-state index in [0.29, 0.717) is 5.32 Å². The van der Waals surface area contributed by atoms with E-state index in [1.165, 1.54) is 4.74 Å². The first-order chi connectivity index (χ1) is 14.1. The van der Waals surface area contributed by atoms with Crippen LogP contribution in [-0.4, -0.2) is 72.5 Å². The summed E-state index contributed by atoms with van der Waals surface area (Å²) in [5.41, 5.74) is 0. The van der Waals surface area contributed by atoms with Gasteiger partial charge in [0, 0.05) is 6.54 Å². The van der Waals surface area contributed by atoms with Crippen molar-refractivity contribution >= 4 is 5.91 Å². The highest BCUT2D eigenvalue weighted by Crippen LogP contribution is 2.56. The van der Waals surface area contributed by atoms with Crippen LogP contribution in [0.2, 0.25) is 0 Å². The van der Waals surface area contributed by atoms with E-state index in [1.807, 2.05) is 0 Å². The molecule has 0 saturated carbocycles. The molecule has 22 heteroatoms. The molecule has 1 amide bonds. The molecule has 0 aliphatic carbocycles. The number of halogens is 17. The van der Waals surface area contributed by atoms with Gasteiger partial charge in [-0.3, -0.25) is 14.3 Å². The van der Waals surface area contributed by atoms with Crippen molar-refractivity contribution in [2.24, 2.45) is 0 Å². The Morgan fingerprint density at radius 1 is 0.636 bits per heavy atom. The van der Waals surface area contributed by atoms with Gasteiger partial charge < -0.3 is 10.4 Å². The largest absolute Gasteiger partial charge is 0.462 e. The van der Waals surface area contributed by atoms with E-state index in [1.54, 1.807) is 4.74 Å². The Labute approximate surface area is 168 Å². The Balaban J connectivity index is 6.67. The Bertz CT molecular complexity index is 701. The fraction of sp³-hybridized carbons (Fsp3) is 0.909. The molecule has 5 nitrogen and oxygen atoms in total. The lowest BCUT2D eigenvalue weighted by molar-refractivity contribution is -0.548. The molecule has 0 unspecified atom stereocenters. The first-order valence-corrected chi connectivity index (χ1v) is 7.15. The molecule has 0 aliphatic heterocycles. The van der Waals surface area contributed by atoms with Gasteiger partial charge in [-0.15, -0.1) is 0 Å². The van der Waals surface area contributed by atoms with E-state index >= 15 is 0 Å². The zero-order valence-electron chi connectivity index (χ0n) is 14.5. The Kier molecular flexibility index (Phi) is 8.26. The van der Waals surface area contributed by atoms with Crippen molar-refractivity contribution < 1.29 is 94.0 Å². The molecule has 198 valence electrons. The standard InChI is InChI=1S/C11H6F17NO4/c12-4(7(16,17)18,3(31)29-1-2-30)32-11(27,28)6(15,9(22,23)24)33-10(25,26)5(13,14)8(19,20)21/h30H,1-2H2,(H,29,31)/t4-,6-/m0/s1. The van der Waals surface area contributed by atoms with Gasteiger partial charge in [0.15, 0.2) is 0 Å². The minimum atomic E-state index is -8.06. The molecule has 0 aromatic carbocycles. The van der Waals surface area contributed by atoms with Crippen LogP contribution in [0.25, 0.3) is 0 Å². The fourth-order valence-corrected chi connectivity index (χ4v) is 1.45. The summed E-state index contributed by atoms with van der Waals surface area (Å²) in [6.45, 7) is -2.84. The number of amides is 1. The quantitative estimate of drug-likeness (QED) is 0.436. The Morgan fingerprint density at radius 3 is 1.36 bits per heavy atom. The number of aliphatic hydroxyl groups is 1. The number of ether oxygens (including phenoxy) is 2. The third-order valence-corrected chi connectivity index (χ3v) is 3.05. The first-order valence-electron chi connectivity index (χ1n) is 7.15. The molecule has 0 spiro atoms. The van der Waals surface area contributed by atoms with Crippen LogP contribution in [0.15, 0.2) is 0 Å². The molecular formula is C11H6F17NO4. The first kappa shape index (κ1) is 31.2. The molecule has 0 aromatic heterocycles. The van der Waals surface area contributed by atoms with Gasteiger partial charge in [0.25, 0.3) is 5.91 Å². The second-order valence-electron chi connectivity index (χ2n) is 5.48. The number of rotatable bonds is 9. The van der Waals surface area contributed by atoms with Crippen LogP contribution in [0.3, 0.4) is 0 Å². The van der Waals surface area contributed by atoms with Crippen LogP contribution in [0.1, 0.15) is 0 Å². The van der Waals surface area contributed by atoms with Crippen molar-refractivity contribution in [2.45, 2.75) is 48.4 Å². The minimum Gasteiger partial charge on any atom is -0.395 e. The summed E-state index contributed by atoms with van der Waals surface area (Å²) in [6.07, 6.45) is -38.6.